The number of para-hydroxylation sites is 2. The second-order valence-corrected chi connectivity index (χ2v) is 7.63. The van der Waals surface area contributed by atoms with E-state index in [9.17, 15) is 9.59 Å². The number of benzene rings is 3. The van der Waals surface area contributed by atoms with Crippen molar-refractivity contribution in [3.05, 3.63) is 95.8 Å². The molecule has 0 aliphatic carbocycles. The van der Waals surface area contributed by atoms with Gasteiger partial charge in [0.2, 0.25) is 5.91 Å². The summed E-state index contributed by atoms with van der Waals surface area (Å²) in [6.07, 6.45) is 0. The Morgan fingerprint density at radius 2 is 1.57 bits per heavy atom. The highest BCUT2D eigenvalue weighted by molar-refractivity contribution is 8.00. The summed E-state index contributed by atoms with van der Waals surface area (Å²) < 4.78 is 0. The lowest BCUT2D eigenvalue weighted by molar-refractivity contribution is -0.113. The number of carbonyl (C=O) groups is 2. The number of aromatic nitrogens is 2. The number of aryl methyl sites for hydroxylation is 1. The summed E-state index contributed by atoms with van der Waals surface area (Å²) in [5.74, 6) is 0.509. The molecule has 0 radical (unpaired) electrons. The molecular formula is C24H19N3O2S. The average molecular weight is 414 g/mol. The summed E-state index contributed by atoms with van der Waals surface area (Å²) >= 11 is 1.35. The smallest absolute Gasteiger partial charge is 0.234 e. The highest BCUT2D eigenvalue weighted by atomic mass is 32.2. The number of thioether (sulfide) groups is 1. The zero-order chi connectivity index (χ0) is 20.9. The standard InChI is InChI=1S/C24H19N3O2S/c1-16-25-21-14-8-6-12-19(21)24(26-16)30-15-22(28)27-20-13-7-5-11-18(20)23(29)17-9-3-2-4-10-17/h2-14H,15H2,1H3,(H,27,28). The number of carbonyl (C=O) groups excluding carboxylic acids is 2. The van der Waals surface area contributed by atoms with Gasteiger partial charge < -0.3 is 5.32 Å². The van der Waals surface area contributed by atoms with Crippen molar-refractivity contribution in [2.45, 2.75) is 11.9 Å². The molecule has 0 atom stereocenters. The molecule has 0 aliphatic heterocycles. The Balaban J connectivity index is 1.50. The van der Waals surface area contributed by atoms with Crippen molar-refractivity contribution in [2.75, 3.05) is 11.1 Å². The largest absolute Gasteiger partial charge is 0.325 e. The molecular weight excluding hydrogens is 394 g/mol. The van der Waals surface area contributed by atoms with Crippen LogP contribution in [0.5, 0.6) is 0 Å². The summed E-state index contributed by atoms with van der Waals surface area (Å²) in [4.78, 5) is 34.4. The fourth-order valence-electron chi connectivity index (χ4n) is 3.12. The molecule has 0 saturated carbocycles. The third-order valence-electron chi connectivity index (χ3n) is 4.50. The van der Waals surface area contributed by atoms with Gasteiger partial charge in [0.1, 0.15) is 10.9 Å². The molecule has 4 aromatic rings. The summed E-state index contributed by atoms with van der Waals surface area (Å²) in [5.41, 5.74) is 2.40. The van der Waals surface area contributed by atoms with E-state index in [1.165, 1.54) is 11.8 Å². The maximum Gasteiger partial charge on any atom is 0.234 e. The highest BCUT2D eigenvalue weighted by Gasteiger charge is 2.15. The van der Waals surface area contributed by atoms with Gasteiger partial charge in [-0.2, -0.15) is 0 Å². The van der Waals surface area contributed by atoms with Gasteiger partial charge in [0.05, 0.1) is 17.0 Å². The first-order chi connectivity index (χ1) is 14.6. The van der Waals surface area contributed by atoms with Crippen LogP contribution in [-0.2, 0) is 4.79 Å². The van der Waals surface area contributed by atoms with Crippen LogP contribution in [0.15, 0.2) is 83.9 Å². The molecule has 1 N–H and O–H groups in total. The van der Waals surface area contributed by atoms with E-state index >= 15 is 0 Å². The fourth-order valence-corrected chi connectivity index (χ4v) is 3.99. The van der Waals surface area contributed by atoms with Crippen LogP contribution < -0.4 is 5.32 Å². The van der Waals surface area contributed by atoms with Gasteiger partial charge in [-0.1, -0.05) is 72.4 Å². The van der Waals surface area contributed by atoms with Crippen molar-refractivity contribution >= 4 is 40.0 Å². The number of nitrogens with zero attached hydrogens (tertiary/aromatic N) is 2. The van der Waals surface area contributed by atoms with Crippen molar-refractivity contribution in [1.29, 1.82) is 0 Å². The molecule has 4 rings (SSSR count). The molecule has 5 nitrogen and oxygen atoms in total. The number of amides is 1. The third kappa shape index (κ3) is 4.39. The molecule has 0 spiro atoms. The third-order valence-corrected chi connectivity index (χ3v) is 5.49. The predicted octanol–water partition coefficient (Wildman–Crippen LogP) is 4.90. The van der Waals surface area contributed by atoms with Crippen molar-refractivity contribution in [2.24, 2.45) is 0 Å². The first kappa shape index (κ1) is 19.8. The number of anilines is 1. The molecule has 0 aliphatic rings. The van der Waals surface area contributed by atoms with E-state index in [1.54, 1.807) is 36.4 Å². The van der Waals surface area contributed by atoms with Gasteiger partial charge in [-0.3, -0.25) is 9.59 Å². The van der Waals surface area contributed by atoms with Crippen LogP contribution in [0.1, 0.15) is 21.7 Å². The number of hydrogen-bond donors (Lipinski definition) is 1. The second-order valence-electron chi connectivity index (χ2n) is 6.67. The van der Waals surface area contributed by atoms with Crippen LogP contribution >= 0.6 is 11.8 Å². The Morgan fingerprint density at radius 3 is 2.40 bits per heavy atom. The molecule has 1 aromatic heterocycles. The first-order valence-corrected chi connectivity index (χ1v) is 10.5. The van der Waals surface area contributed by atoms with E-state index in [-0.39, 0.29) is 17.4 Å². The van der Waals surface area contributed by atoms with E-state index < -0.39 is 0 Å². The summed E-state index contributed by atoms with van der Waals surface area (Å²) in [7, 11) is 0. The minimum atomic E-state index is -0.200. The molecule has 6 heteroatoms. The van der Waals surface area contributed by atoms with Gasteiger partial charge in [-0.15, -0.1) is 0 Å². The minimum Gasteiger partial charge on any atom is -0.325 e. The molecule has 3 aromatic carbocycles. The maximum absolute atomic E-state index is 12.8. The van der Waals surface area contributed by atoms with Gasteiger partial charge >= 0.3 is 0 Å². The molecule has 1 amide bonds. The molecule has 148 valence electrons. The monoisotopic (exact) mass is 413 g/mol. The Labute approximate surface area is 178 Å². The summed E-state index contributed by atoms with van der Waals surface area (Å²) in [6, 6.07) is 23.8. The molecule has 0 saturated heterocycles. The normalized spacial score (nSPS) is 10.7. The Morgan fingerprint density at radius 1 is 0.867 bits per heavy atom. The van der Waals surface area contributed by atoms with Gasteiger partial charge in [-0.25, -0.2) is 9.97 Å². The van der Waals surface area contributed by atoms with Crippen LogP contribution in [0.4, 0.5) is 5.69 Å². The Kier molecular flexibility index (Phi) is 5.86. The summed E-state index contributed by atoms with van der Waals surface area (Å²) in [5, 5.41) is 4.55. The lowest BCUT2D eigenvalue weighted by Crippen LogP contribution is -2.17. The van der Waals surface area contributed by atoms with E-state index in [0.29, 0.717) is 22.6 Å². The van der Waals surface area contributed by atoms with Crippen LogP contribution in [0.2, 0.25) is 0 Å². The minimum absolute atomic E-state index is 0.128. The lowest BCUT2D eigenvalue weighted by atomic mass is 10.0. The number of fused-ring (bicyclic) bond motifs is 1. The maximum atomic E-state index is 12.8. The molecule has 1 heterocycles. The zero-order valence-electron chi connectivity index (χ0n) is 16.3. The quantitative estimate of drug-likeness (QED) is 0.277. The first-order valence-electron chi connectivity index (χ1n) is 9.46. The van der Waals surface area contributed by atoms with Gasteiger partial charge in [0.25, 0.3) is 0 Å². The van der Waals surface area contributed by atoms with Gasteiger partial charge in [-0.05, 0) is 25.1 Å². The number of ketones is 1. The molecule has 0 bridgehead atoms. The van der Waals surface area contributed by atoms with Crippen molar-refractivity contribution in [3.63, 3.8) is 0 Å². The van der Waals surface area contributed by atoms with Crippen LogP contribution in [-0.4, -0.2) is 27.4 Å². The highest BCUT2D eigenvalue weighted by Crippen LogP contribution is 2.26. The van der Waals surface area contributed by atoms with Crippen molar-refractivity contribution in [1.82, 2.24) is 9.97 Å². The Bertz CT molecular complexity index is 1230. The van der Waals surface area contributed by atoms with E-state index in [4.69, 9.17) is 0 Å². The van der Waals surface area contributed by atoms with Gasteiger partial charge in [0, 0.05) is 16.5 Å². The van der Waals surface area contributed by atoms with Gasteiger partial charge in [0.15, 0.2) is 5.78 Å². The summed E-state index contributed by atoms with van der Waals surface area (Å²) in [6.45, 7) is 1.84. The predicted molar refractivity (Wildman–Crippen MR) is 120 cm³/mol. The molecule has 30 heavy (non-hydrogen) atoms. The van der Waals surface area contributed by atoms with Crippen molar-refractivity contribution < 1.29 is 9.59 Å². The Hall–Kier alpha value is -3.51. The number of hydrogen-bond acceptors (Lipinski definition) is 5. The number of rotatable bonds is 6. The fraction of sp³-hybridized carbons (Fsp3) is 0.0833. The second kappa shape index (κ2) is 8.88. The number of nitrogens with one attached hydrogen (secondary N) is 1. The van der Waals surface area contributed by atoms with Crippen molar-refractivity contribution in [3.8, 4) is 0 Å². The van der Waals surface area contributed by atoms with E-state index in [2.05, 4.69) is 15.3 Å². The SMILES string of the molecule is Cc1nc(SCC(=O)Nc2ccccc2C(=O)c2ccccc2)c2ccccc2n1. The zero-order valence-corrected chi connectivity index (χ0v) is 17.1. The molecule has 0 fully saturated rings. The van der Waals surface area contributed by atoms with Crippen LogP contribution in [0.3, 0.4) is 0 Å². The van der Waals surface area contributed by atoms with E-state index in [1.807, 2.05) is 49.4 Å². The molecule has 0 unspecified atom stereocenters. The lowest BCUT2D eigenvalue weighted by Gasteiger charge is -2.11. The average Bonchev–Trinajstić information content (AvgIpc) is 2.78. The van der Waals surface area contributed by atoms with E-state index in [0.717, 1.165) is 15.9 Å². The van der Waals surface area contributed by atoms with Crippen LogP contribution in [0.25, 0.3) is 10.9 Å². The van der Waals surface area contributed by atoms with Crippen LogP contribution in [0, 0.1) is 6.92 Å². The topological polar surface area (TPSA) is 72.0 Å².